The molecule has 2 saturated carbocycles. The fraction of sp³-hybridized carbons (Fsp3) is 0.632. The molecule has 0 spiro atoms. The molecule has 2 bridgehead atoms. The standard InChI is InChI=1S/C19H25ClN2O3S/c20-17-7-6-15(26(24,25)22-8-2-1-3-9-22)12-16(17)19(23)21-18-11-13-4-5-14(18)10-13/h6-7,12-14,18H,1-5,8-11H2,(H,21,23)/t13-,14-,18+/m0/s1. The molecule has 26 heavy (non-hydrogen) atoms. The molecule has 0 radical (unpaired) electrons. The summed E-state index contributed by atoms with van der Waals surface area (Å²) in [5.74, 6) is 1.03. The summed E-state index contributed by atoms with van der Waals surface area (Å²) in [7, 11) is -3.58. The first kappa shape index (κ1) is 18.3. The van der Waals surface area contributed by atoms with Crippen molar-refractivity contribution in [3.8, 4) is 0 Å². The van der Waals surface area contributed by atoms with Gasteiger partial charge in [0.2, 0.25) is 10.0 Å². The number of rotatable bonds is 4. The molecule has 142 valence electrons. The Morgan fingerprint density at radius 3 is 2.54 bits per heavy atom. The highest BCUT2D eigenvalue weighted by atomic mass is 35.5. The van der Waals surface area contributed by atoms with E-state index in [0.717, 1.165) is 31.6 Å². The number of fused-ring (bicyclic) bond motifs is 2. The number of amides is 1. The molecular formula is C19H25ClN2O3S. The quantitative estimate of drug-likeness (QED) is 0.847. The second-order valence-corrected chi connectivity index (χ2v) is 10.2. The number of piperidine rings is 1. The van der Waals surface area contributed by atoms with Gasteiger partial charge in [-0.2, -0.15) is 4.31 Å². The van der Waals surface area contributed by atoms with E-state index in [1.165, 1.54) is 41.8 Å². The van der Waals surface area contributed by atoms with Gasteiger partial charge in [0, 0.05) is 19.1 Å². The second-order valence-electron chi connectivity index (χ2n) is 7.86. The number of hydrogen-bond donors (Lipinski definition) is 1. The Labute approximate surface area is 160 Å². The third kappa shape index (κ3) is 3.39. The maximum Gasteiger partial charge on any atom is 0.253 e. The zero-order chi connectivity index (χ0) is 18.3. The number of sulfonamides is 1. The molecule has 1 aliphatic heterocycles. The maximum absolute atomic E-state index is 12.9. The number of hydrogen-bond acceptors (Lipinski definition) is 3. The van der Waals surface area contributed by atoms with E-state index in [2.05, 4.69) is 5.32 Å². The average Bonchev–Trinajstić information content (AvgIpc) is 3.25. The van der Waals surface area contributed by atoms with Crippen molar-refractivity contribution in [2.45, 2.75) is 55.9 Å². The van der Waals surface area contributed by atoms with Crippen LogP contribution in [0.15, 0.2) is 23.1 Å². The van der Waals surface area contributed by atoms with E-state index >= 15 is 0 Å². The van der Waals surface area contributed by atoms with Crippen LogP contribution in [0.4, 0.5) is 0 Å². The molecule has 0 aromatic heterocycles. The summed E-state index contributed by atoms with van der Waals surface area (Å²) >= 11 is 6.22. The lowest BCUT2D eigenvalue weighted by molar-refractivity contribution is 0.0923. The molecule has 1 aromatic rings. The van der Waals surface area contributed by atoms with Crippen molar-refractivity contribution in [3.05, 3.63) is 28.8 Å². The SMILES string of the molecule is O=C(N[C@@H]1C[C@H]2CC[C@H]1C2)c1cc(S(=O)(=O)N2CCCCC2)ccc1Cl. The van der Waals surface area contributed by atoms with Gasteiger partial charge in [-0.25, -0.2) is 8.42 Å². The highest BCUT2D eigenvalue weighted by Gasteiger charge is 2.40. The van der Waals surface area contributed by atoms with E-state index in [4.69, 9.17) is 11.6 Å². The van der Waals surface area contributed by atoms with Crippen LogP contribution in [0.25, 0.3) is 0 Å². The maximum atomic E-state index is 12.9. The molecule has 1 amide bonds. The first-order valence-corrected chi connectivity index (χ1v) is 11.4. The fourth-order valence-electron chi connectivity index (χ4n) is 4.76. The molecule has 1 heterocycles. The van der Waals surface area contributed by atoms with Gasteiger partial charge in [0.25, 0.3) is 5.91 Å². The molecule has 3 fully saturated rings. The van der Waals surface area contributed by atoms with Crippen LogP contribution in [-0.2, 0) is 10.0 Å². The molecule has 3 atom stereocenters. The first-order chi connectivity index (χ1) is 12.4. The zero-order valence-corrected chi connectivity index (χ0v) is 16.4. The van der Waals surface area contributed by atoms with Crippen molar-refractivity contribution in [3.63, 3.8) is 0 Å². The van der Waals surface area contributed by atoms with Gasteiger partial charge in [-0.05, 0) is 62.1 Å². The Kier molecular flexibility index (Phi) is 5.01. The predicted molar refractivity (Wildman–Crippen MR) is 101 cm³/mol. The van der Waals surface area contributed by atoms with Crippen molar-refractivity contribution in [1.82, 2.24) is 9.62 Å². The van der Waals surface area contributed by atoms with Gasteiger partial charge in [0.05, 0.1) is 15.5 Å². The second kappa shape index (κ2) is 7.13. The molecule has 0 unspecified atom stereocenters. The first-order valence-electron chi connectivity index (χ1n) is 9.56. The topological polar surface area (TPSA) is 66.5 Å². The summed E-state index contributed by atoms with van der Waals surface area (Å²) in [6.07, 6.45) is 7.48. The third-order valence-electron chi connectivity index (χ3n) is 6.19. The number of carbonyl (C=O) groups is 1. The monoisotopic (exact) mass is 396 g/mol. The predicted octanol–water partition coefficient (Wildman–Crippen LogP) is 3.43. The van der Waals surface area contributed by atoms with Crippen molar-refractivity contribution in [2.75, 3.05) is 13.1 Å². The lowest BCUT2D eigenvalue weighted by atomic mass is 9.95. The minimum absolute atomic E-state index is 0.155. The van der Waals surface area contributed by atoms with Gasteiger partial charge in [0.15, 0.2) is 0 Å². The van der Waals surface area contributed by atoms with Crippen molar-refractivity contribution in [2.24, 2.45) is 11.8 Å². The lowest BCUT2D eigenvalue weighted by Gasteiger charge is -2.26. The zero-order valence-electron chi connectivity index (χ0n) is 14.8. The minimum atomic E-state index is -3.58. The largest absolute Gasteiger partial charge is 0.349 e. The van der Waals surface area contributed by atoms with Crippen LogP contribution in [0.3, 0.4) is 0 Å². The van der Waals surface area contributed by atoms with Crippen LogP contribution in [0, 0.1) is 11.8 Å². The van der Waals surface area contributed by atoms with E-state index < -0.39 is 10.0 Å². The Bertz CT molecular complexity index is 805. The minimum Gasteiger partial charge on any atom is -0.349 e. The molecule has 4 rings (SSSR count). The van der Waals surface area contributed by atoms with Crippen LogP contribution in [0.1, 0.15) is 55.3 Å². The molecule has 3 aliphatic rings. The molecule has 1 aromatic carbocycles. The molecule has 5 nitrogen and oxygen atoms in total. The smallest absolute Gasteiger partial charge is 0.253 e. The van der Waals surface area contributed by atoms with Gasteiger partial charge in [-0.3, -0.25) is 4.79 Å². The van der Waals surface area contributed by atoms with Crippen LogP contribution in [-0.4, -0.2) is 37.8 Å². The van der Waals surface area contributed by atoms with E-state index in [1.54, 1.807) is 0 Å². The summed E-state index contributed by atoms with van der Waals surface area (Å²) in [5.41, 5.74) is 0.257. The van der Waals surface area contributed by atoms with Crippen molar-refractivity contribution >= 4 is 27.5 Å². The van der Waals surface area contributed by atoms with Gasteiger partial charge >= 0.3 is 0 Å². The summed E-state index contributed by atoms with van der Waals surface area (Å²) in [4.78, 5) is 12.9. The highest BCUT2D eigenvalue weighted by Crippen LogP contribution is 2.44. The van der Waals surface area contributed by atoms with E-state index in [0.29, 0.717) is 24.0 Å². The Hall–Kier alpha value is -1.11. The van der Waals surface area contributed by atoms with E-state index in [-0.39, 0.29) is 22.4 Å². The number of halogens is 1. The van der Waals surface area contributed by atoms with Crippen LogP contribution >= 0.6 is 11.6 Å². The summed E-state index contributed by atoms with van der Waals surface area (Å²) in [6, 6.07) is 4.66. The van der Waals surface area contributed by atoms with Gasteiger partial charge < -0.3 is 5.32 Å². The average molecular weight is 397 g/mol. The fourth-order valence-corrected chi connectivity index (χ4v) is 6.51. The van der Waals surface area contributed by atoms with Crippen LogP contribution in [0.5, 0.6) is 0 Å². The Balaban J connectivity index is 1.55. The Morgan fingerprint density at radius 2 is 1.88 bits per heavy atom. The number of nitrogens with one attached hydrogen (secondary N) is 1. The number of benzene rings is 1. The molecular weight excluding hydrogens is 372 g/mol. The van der Waals surface area contributed by atoms with Crippen molar-refractivity contribution < 1.29 is 13.2 Å². The molecule has 7 heteroatoms. The van der Waals surface area contributed by atoms with E-state index in [1.807, 2.05) is 0 Å². The molecule has 2 aliphatic carbocycles. The van der Waals surface area contributed by atoms with Gasteiger partial charge in [-0.15, -0.1) is 0 Å². The summed E-state index contributed by atoms with van der Waals surface area (Å²) in [6.45, 7) is 1.08. The number of nitrogens with zero attached hydrogens (tertiary/aromatic N) is 1. The normalized spacial score (nSPS) is 29.0. The van der Waals surface area contributed by atoms with Crippen LogP contribution < -0.4 is 5.32 Å². The summed E-state index contributed by atoms with van der Waals surface area (Å²) in [5, 5.41) is 3.39. The van der Waals surface area contributed by atoms with E-state index in [9.17, 15) is 13.2 Å². The highest BCUT2D eigenvalue weighted by molar-refractivity contribution is 7.89. The third-order valence-corrected chi connectivity index (χ3v) is 8.41. The lowest BCUT2D eigenvalue weighted by Crippen LogP contribution is -2.39. The molecule has 1 saturated heterocycles. The molecule has 1 N–H and O–H groups in total. The number of carbonyl (C=O) groups excluding carboxylic acids is 1. The van der Waals surface area contributed by atoms with Gasteiger partial charge in [0.1, 0.15) is 0 Å². The van der Waals surface area contributed by atoms with Gasteiger partial charge in [-0.1, -0.05) is 24.4 Å². The van der Waals surface area contributed by atoms with Crippen molar-refractivity contribution in [1.29, 1.82) is 0 Å². The van der Waals surface area contributed by atoms with Crippen LogP contribution in [0.2, 0.25) is 5.02 Å². The summed E-state index contributed by atoms with van der Waals surface area (Å²) < 4.78 is 27.3. The Morgan fingerprint density at radius 1 is 1.12 bits per heavy atom.